The molecule has 0 saturated heterocycles. The Balaban J connectivity index is 1.70. The highest BCUT2D eigenvalue weighted by molar-refractivity contribution is 6.39. The molecule has 3 rings (SSSR count). The van der Waals surface area contributed by atoms with E-state index in [1.54, 1.807) is 0 Å². The molecule has 0 unspecified atom stereocenters. The number of benzene rings is 3. The molecular formula is C22H21F2N3O2. The fraction of sp³-hybridized carbons (Fsp3) is 0.182. The molecule has 3 aromatic carbocycles. The summed E-state index contributed by atoms with van der Waals surface area (Å²) in [5.74, 6) is -3.95. The number of anilines is 1. The number of carbonyl (C=O) groups excluding carboxylic acids is 2. The number of fused-ring (bicyclic) bond motifs is 1. The maximum atomic E-state index is 13.3. The molecule has 0 aromatic heterocycles. The molecule has 2 amide bonds. The van der Waals surface area contributed by atoms with Gasteiger partial charge >= 0.3 is 11.8 Å². The van der Waals surface area contributed by atoms with E-state index in [-0.39, 0.29) is 18.3 Å². The smallest absolute Gasteiger partial charge is 0.313 e. The second-order valence-corrected chi connectivity index (χ2v) is 6.84. The Hall–Kier alpha value is -3.32. The first-order valence-electron chi connectivity index (χ1n) is 9.05. The van der Waals surface area contributed by atoms with Crippen LogP contribution < -0.4 is 10.6 Å². The third-order valence-electron chi connectivity index (χ3n) is 4.65. The molecule has 0 aliphatic rings. The van der Waals surface area contributed by atoms with Crippen LogP contribution in [0.2, 0.25) is 0 Å². The summed E-state index contributed by atoms with van der Waals surface area (Å²) in [5.41, 5.74) is 1.02. The third kappa shape index (κ3) is 4.75. The molecule has 0 spiro atoms. The Bertz CT molecular complexity index is 1050. The van der Waals surface area contributed by atoms with Crippen LogP contribution in [-0.2, 0) is 9.59 Å². The normalized spacial score (nSPS) is 12.0. The van der Waals surface area contributed by atoms with Crippen molar-refractivity contribution in [2.45, 2.75) is 6.04 Å². The van der Waals surface area contributed by atoms with Crippen LogP contribution in [0.25, 0.3) is 10.8 Å². The summed E-state index contributed by atoms with van der Waals surface area (Å²) in [6.45, 7) is 0.199. The number of nitrogens with zero attached hydrogens (tertiary/aromatic N) is 1. The molecule has 5 nitrogen and oxygen atoms in total. The van der Waals surface area contributed by atoms with Crippen LogP contribution in [0, 0.1) is 11.6 Å². The van der Waals surface area contributed by atoms with Crippen LogP contribution in [0.1, 0.15) is 11.6 Å². The highest BCUT2D eigenvalue weighted by Crippen LogP contribution is 2.26. The first-order valence-corrected chi connectivity index (χ1v) is 9.05. The van der Waals surface area contributed by atoms with Crippen LogP contribution in [-0.4, -0.2) is 37.4 Å². The van der Waals surface area contributed by atoms with Crippen molar-refractivity contribution < 1.29 is 18.4 Å². The summed E-state index contributed by atoms with van der Waals surface area (Å²) in [7, 11) is 3.78. The zero-order valence-corrected chi connectivity index (χ0v) is 16.1. The second-order valence-electron chi connectivity index (χ2n) is 6.84. The second kappa shape index (κ2) is 8.79. The lowest BCUT2D eigenvalue weighted by Crippen LogP contribution is -2.40. The molecule has 150 valence electrons. The minimum Gasteiger partial charge on any atom is -0.346 e. The fourth-order valence-electron chi connectivity index (χ4n) is 3.14. The Morgan fingerprint density at radius 2 is 1.66 bits per heavy atom. The van der Waals surface area contributed by atoms with Gasteiger partial charge in [-0.15, -0.1) is 0 Å². The molecular weight excluding hydrogens is 376 g/mol. The van der Waals surface area contributed by atoms with Gasteiger partial charge in [-0.05, 0) is 42.6 Å². The predicted molar refractivity (Wildman–Crippen MR) is 108 cm³/mol. The minimum absolute atomic E-state index is 0.00210. The SMILES string of the molecule is CN(C)[C@@H](CNC(=O)C(=O)Nc1ccc(F)c(F)c1)c1cccc2ccccc12. The average Bonchev–Trinajstić information content (AvgIpc) is 2.70. The van der Waals surface area contributed by atoms with E-state index in [9.17, 15) is 18.4 Å². The van der Waals surface area contributed by atoms with Crippen molar-refractivity contribution in [3.63, 3.8) is 0 Å². The third-order valence-corrected chi connectivity index (χ3v) is 4.65. The van der Waals surface area contributed by atoms with Crippen LogP contribution in [0.5, 0.6) is 0 Å². The van der Waals surface area contributed by atoms with Gasteiger partial charge in [-0.2, -0.15) is 0 Å². The topological polar surface area (TPSA) is 61.4 Å². The summed E-state index contributed by atoms with van der Waals surface area (Å²) in [6, 6.07) is 16.6. The van der Waals surface area contributed by atoms with E-state index >= 15 is 0 Å². The average molecular weight is 397 g/mol. The van der Waals surface area contributed by atoms with Crippen LogP contribution in [0.4, 0.5) is 14.5 Å². The van der Waals surface area contributed by atoms with Gasteiger partial charge < -0.3 is 15.5 Å². The van der Waals surface area contributed by atoms with Gasteiger partial charge in [0.05, 0.1) is 6.04 Å². The number of hydrogen-bond acceptors (Lipinski definition) is 3. The summed E-state index contributed by atoms with van der Waals surface area (Å²) in [6.07, 6.45) is 0. The molecule has 29 heavy (non-hydrogen) atoms. The molecule has 1 atom stereocenters. The number of halogens is 2. The number of hydrogen-bond donors (Lipinski definition) is 2. The highest BCUT2D eigenvalue weighted by atomic mass is 19.2. The molecule has 0 aliphatic heterocycles. The summed E-state index contributed by atoms with van der Waals surface area (Å²) in [5, 5.41) is 7.02. The molecule has 0 aliphatic carbocycles. The van der Waals surface area contributed by atoms with Gasteiger partial charge in [0, 0.05) is 18.3 Å². The van der Waals surface area contributed by atoms with E-state index in [4.69, 9.17) is 0 Å². The molecule has 0 heterocycles. The first-order chi connectivity index (χ1) is 13.9. The standard InChI is InChI=1S/C22H21F2N3O2/c1-27(2)20(17-9-5-7-14-6-3-4-8-16(14)17)13-25-21(28)22(29)26-15-10-11-18(23)19(24)12-15/h3-12,20H,13H2,1-2H3,(H,25,28)(H,26,29)/t20-/m0/s1. The largest absolute Gasteiger partial charge is 0.346 e. The van der Waals surface area contributed by atoms with Gasteiger partial charge in [0.1, 0.15) is 0 Å². The lowest BCUT2D eigenvalue weighted by Gasteiger charge is -2.26. The van der Waals surface area contributed by atoms with Gasteiger partial charge in [0.25, 0.3) is 0 Å². The highest BCUT2D eigenvalue weighted by Gasteiger charge is 2.20. The molecule has 0 bridgehead atoms. The number of likely N-dealkylation sites (N-methyl/N-ethyl adjacent to an activating group) is 1. The van der Waals surface area contributed by atoms with Crippen molar-refractivity contribution in [2.24, 2.45) is 0 Å². The van der Waals surface area contributed by atoms with Crippen molar-refractivity contribution in [1.82, 2.24) is 10.2 Å². The summed E-state index contributed by atoms with van der Waals surface area (Å²) < 4.78 is 26.2. The zero-order valence-electron chi connectivity index (χ0n) is 16.1. The van der Waals surface area contributed by atoms with Gasteiger partial charge in [-0.25, -0.2) is 8.78 Å². The summed E-state index contributed by atoms with van der Waals surface area (Å²) >= 11 is 0. The number of carbonyl (C=O) groups is 2. The minimum atomic E-state index is -1.10. The van der Waals surface area contributed by atoms with E-state index in [2.05, 4.69) is 10.6 Å². The van der Waals surface area contributed by atoms with E-state index in [1.807, 2.05) is 61.5 Å². The van der Waals surface area contributed by atoms with E-state index in [0.29, 0.717) is 0 Å². The fourth-order valence-corrected chi connectivity index (χ4v) is 3.14. The van der Waals surface area contributed by atoms with Gasteiger partial charge in [0.2, 0.25) is 0 Å². The Morgan fingerprint density at radius 1 is 0.931 bits per heavy atom. The van der Waals surface area contributed by atoms with Crippen molar-refractivity contribution in [2.75, 3.05) is 26.0 Å². The lowest BCUT2D eigenvalue weighted by molar-refractivity contribution is -0.136. The molecule has 7 heteroatoms. The quantitative estimate of drug-likeness (QED) is 0.648. The van der Waals surface area contributed by atoms with Gasteiger partial charge in [0.15, 0.2) is 11.6 Å². The molecule has 3 aromatic rings. The predicted octanol–water partition coefficient (Wildman–Crippen LogP) is 3.48. The van der Waals surface area contributed by atoms with Crippen molar-refractivity contribution in [1.29, 1.82) is 0 Å². The molecule has 0 fully saturated rings. The zero-order chi connectivity index (χ0) is 21.0. The monoisotopic (exact) mass is 397 g/mol. The van der Waals surface area contributed by atoms with Crippen LogP contribution in [0.3, 0.4) is 0 Å². The number of nitrogens with one attached hydrogen (secondary N) is 2. The number of rotatable bonds is 5. The van der Waals surface area contributed by atoms with E-state index in [0.717, 1.165) is 28.5 Å². The Labute approximate surface area is 167 Å². The van der Waals surface area contributed by atoms with Crippen molar-refractivity contribution in [3.05, 3.63) is 77.9 Å². The maximum absolute atomic E-state index is 13.3. The van der Waals surface area contributed by atoms with Gasteiger partial charge in [-0.3, -0.25) is 9.59 Å². The van der Waals surface area contributed by atoms with Crippen molar-refractivity contribution in [3.8, 4) is 0 Å². The van der Waals surface area contributed by atoms with Crippen molar-refractivity contribution >= 4 is 28.3 Å². The Kier molecular flexibility index (Phi) is 6.19. The van der Waals surface area contributed by atoms with Crippen LogP contribution in [0.15, 0.2) is 60.7 Å². The number of amides is 2. The Morgan fingerprint density at radius 3 is 2.38 bits per heavy atom. The summed E-state index contributed by atoms with van der Waals surface area (Å²) in [4.78, 5) is 26.3. The van der Waals surface area contributed by atoms with E-state index < -0.39 is 23.4 Å². The molecule has 2 N–H and O–H groups in total. The molecule has 0 radical (unpaired) electrons. The van der Waals surface area contributed by atoms with Gasteiger partial charge in [-0.1, -0.05) is 42.5 Å². The van der Waals surface area contributed by atoms with Crippen LogP contribution >= 0.6 is 0 Å². The maximum Gasteiger partial charge on any atom is 0.313 e. The lowest BCUT2D eigenvalue weighted by atomic mass is 9.98. The van der Waals surface area contributed by atoms with E-state index in [1.165, 1.54) is 6.07 Å². The molecule has 0 saturated carbocycles. The first kappa shape index (κ1) is 20.4.